The van der Waals surface area contributed by atoms with Crippen LogP contribution in [0.25, 0.3) is 0 Å². The molecular formula is C69H114O6. The van der Waals surface area contributed by atoms with E-state index in [1.54, 1.807) is 0 Å². The van der Waals surface area contributed by atoms with Gasteiger partial charge >= 0.3 is 17.9 Å². The fourth-order valence-electron chi connectivity index (χ4n) is 8.27. The molecule has 6 heteroatoms. The van der Waals surface area contributed by atoms with Gasteiger partial charge in [0.1, 0.15) is 13.2 Å². The first-order valence-electron chi connectivity index (χ1n) is 31.0. The van der Waals surface area contributed by atoms with Crippen LogP contribution in [0.15, 0.2) is 122 Å². The van der Waals surface area contributed by atoms with Crippen molar-refractivity contribution >= 4 is 17.9 Å². The summed E-state index contributed by atoms with van der Waals surface area (Å²) in [7, 11) is 0. The van der Waals surface area contributed by atoms with Gasteiger partial charge in [0.2, 0.25) is 0 Å². The van der Waals surface area contributed by atoms with Crippen molar-refractivity contribution in [3.05, 3.63) is 122 Å². The van der Waals surface area contributed by atoms with E-state index in [0.29, 0.717) is 25.7 Å². The highest BCUT2D eigenvalue weighted by Gasteiger charge is 2.19. The lowest BCUT2D eigenvalue weighted by Gasteiger charge is -2.18. The van der Waals surface area contributed by atoms with Crippen molar-refractivity contribution in [2.75, 3.05) is 13.2 Å². The largest absolute Gasteiger partial charge is 0.462 e. The van der Waals surface area contributed by atoms with Crippen molar-refractivity contribution in [2.45, 2.75) is 284 Å². The normalized spacial score (nSPS) is 12.9. The Morgan fingerprint density at radius 2 is 0.520 bits per heavy atom. The quantitative estimate of drug-likeness (QED) is 0.0261. The van der Waals surface area contributed by atoms with Crippen LogP contribution in [0, 0.1) is 0 Å². The fraction of sp³-hybridized carbons (Fsp3) is 0.667. The van der Waals surface area contributed by atoms with E-state index < -0.39 is 6.10 Å². The number of hydrogen-bond acceptors (Lipinski definition) is 6. The van der Waals surface area contributed by atoms with Crippen LogP contribution in [0.4, 0.5) is 0 Å². The Bertz CT molecular complexity index is 1570. The molecule has 0 radical (unpaired) electrons. The van der Waals surface area contributed by atoms with Gasteiger partial charge in [0.15, 0.2) is 6.10 Å². The molecule has 0 bridgehead atoms. The van der Waals surface area contributed by atoms with E-state index >= 15 is 0 Å². The molecule has 0 aliphatic heterocycles. The van der Waals surface area contributed by atoms with Gasteiger partial charge in [0.25, 0.3) is 0 Å². The lowest BCUT2D eigenvalue weighted by Crippen LogP contribution is -2.30. The Hall–Kier alpha value is -4.19. The van der Waals surface area contributed by atoms with E-state index in [2.05, 4.69) is 142 Å². The summed E-state index contributed by atoms with van der Waals surface area (Å²) in [4.78, 5) is 38.3. The first kappa shape index (κ1) is 70.8. The number of rotatable bonds is 55. The molecule has 0 heterocycles. The minimum absolute atomic E-state index is 0.100. The highest BCUT2D eigenvalue weighted by molar-refractivity contribution is 5.71. The summed E-state index contributed by atoms with van der Waals surface area (Å²) in [6, 6.07) is 0. The Balaban J connectivity index is 4.50. The van der Waals surface area contributed by atoms with E-state index in [-0.39, 0.29) is 31.1 Å². The van der Waals surface area contributed by atoms with Crippen LogP contribution in [-0.2, 0) is 28.6 Å². The van der Waals surface area contributed by atoms with Gasteiger partial charge in [-0.2, -0.15) is 0 Å². The van der Waals surface area contributed by atoms with Crippen LogP contribution < -0.4 is 0 Å². The maximum atomic E-state index is 12.9. The van der Waals surface area contributed by atoms with Crippen LogP contribution in [-0.4, -0.2) is 37.2 Å². The van der Waals surface area contributed by atoms with Gasteiger partial charge in [-0.15, -0.1) is 0 Å². The van der Waals surface area contributed by atoms with Gasteiger partial charge in [-0.1, -0.05) is 245 Å². The molecule has 0 N–H and O–H groups in total. The van der Waals surface area contributed by atoms with E-state index in [9.17, 15) is 14.4 Å². The number of ether oxygens (including phenoxy) is 3. The second kappa shape index (κ2) is 62.4. The van der Waals surface area contributed by atoms with Crippen LogP contribution in [0.2, 0.25) is 0 Å². The molecule has 0 amide bonds. The molecule has 75 heavy (non-hydrogen) atoms. The molecule has 0 aromatic heterocycles. The summed E-state index contributed by atoms with van der Waals surface area (Å²) < 4.78 is 16.9. The summed E-state index contributed by atoms with van der Waals surface area (Å²) in [6.45, 7) is 6.44. The topological polar surface area (TPSA) is 78.9 Å². The van der Waals surface area contributed by atoms with Gasteiger partial charge in [0, 0.05) is 19.3 Å². The molecule has 1 atom stereocenters. The second-order valence-corrected chi connectivity index (χ2v) is 20.2. The van der Waals surface area contributed by atoms with E-state index in [4.69, 9.17) is 14.2 Å². The van der Waals surface area contributed by atoms with E-state index in [1.165, 1.54) is 122 Å². The summed E-state index contributed by atoms with van der Waals surface area (Å²) in [5.41, 5.74) is 0. The van der Waals surface area contributed by atoms with Crippen LogP contribution in [0.1, 0.15) is 278 Å². The summed E-state index contributed by atoms with van der Waals surface area (Å²) in [5.74, 6) is -0.953. The third kappa shape index (κ3) is 60.6. The van der Waals surface area contributed by atoms with Gasteiger partial charge in [-0.25, -0.2) is 0 Å². The molecular weight excluding hydrogens is 925 g/mol. The number of esters is 3. The van der Waals surface area contributed by atoms with Gasteiger partial charge in [-0.05, 0) is 135 Å². The predicted octanol–water partition coefficient (Wildman–Crippen LogP) is 21.2. The molecule has 426 valence electrons. The average molecular weight is 1040 g/mol. The standard InChI is InChI=1S/C69H114O6/c1-4-7-10-13-16-19-22-25-28-31-33-34-36-38-41-44-47-50-53-56-59-62-68(71)74-65-66(64-73-67(70)61-58-55-52-49-46-43-40-37-30-27-24-21-18-15-12-9-6-3)75-69(72)63-60-57-54-51-48-45-42-39-35-32-29-26-23-20-17-14-11-8-5-2/h7,10,16-21,25-30,33-34,38,41,47,50,66H,4-6,8-9,11-15,22-24,31-32,35-37,39-40,42-46,48-49,51-65H2,1-3H3/b10-7-,19-16-,20-17-,21-18-,28-25-,29-26-,30-27-,34-33-,41-38-,50-47-. The molecule has 0 fully saturated rings. The molecule has 0 aromatic rings. The molecule has 0 aliphatic rings. The Kier molecular flexibility index (Phi) is 58.9. The summed E-state index contributed by atoms with van der Waals surface area (Å²) in [6.07, 6.45) is 86.2. The van der Waals surface area contributed by atoms with Crippen molar-refractivity contribution in [3.63, 3.8) is 0 Å². The summed E-state index contributed by atoms with van der Waals surface area (Å²) >= 11 is 0. The monoisotopic (exact) mass is 1040 g/mol. The molecule has 1 unspecified atom stereocenters. The smallest absolute Gasteiger partial charge is 0.306 e. The number of carbonyl (C=O) groups excluding carboxylic acids is 3. The molecule has 0 spiro atoms. The van der Waals surface area contributed by atoms with Crippen molar-refractivity contribution < 1.29 is 28.6 Å². The zero-order valence-corrected chi connectivity index (χ0v) is 48.8. The highest BCUT2D eigenvalue weighted by atomic mass is 16.6. The van der Waals surface area contributed by atoms with Crippen molar-refractivity contribution in [1.29, 1.82) is 0 Å². The number of unbranched alkanes of at least 4 members (excludes halogenated alkanes) is 24. The first-order valence-corrected chi connectivity index (χ1v) is 31.0. The Morgan fingerprint density at radius 1 is 0.280 bits per heavy atom. The van der Waals surface area contributed by atoms with Crippen molar-refractivity contribution in [1.82, 2.24) is 0 Å². The zero-order chi connectivity index (χ0) is 54.3. The van der Waals surface area contributed by atoms with Gasteiger partial charge in [-0.3, -0.25) is 14.4 Å². The fourth-order valence-corrected chi connectivity index (χ4v) is 8.27. The Morgan fingerprint density at radius 3 is 0.840 bits per heavy atom. The maximum Gasteiger partial charge on any atom is 0.306 e. The molecule has 0 aromatic carbocycles. The van der Waals surface area contributed by atoms with E-state index in [1.807, 2.05) is 0 Å². The third-order valence-corrected chi connectivity index (χ3v) is 12.9. The highest BCUT2D eigenvalue weighted by Crippen LogP contribution is 2.15. The summed E-state index contributed by atoms with van der Waals surface area (Å²) in [5, 5.41) is 0. The maximum absolute atomic E-state index is 12.9. The molecule has 0 aliphatic carbocycles. The SMILES string of the molecule is CC/C=C\C/C=C\C/C=C\C/C=C\C/C=C\C/C=C\CCCCC(=O)OCC(COC(=O)CCCCCCCCC/C=C\C/C=C\CCCCC)OC(=O)CCCCCCCCCCC/C=C\C/C=C\CCCCC. The number of hydrogen-bond donors (Lipinski definition) is 0. The average Bonchev–Trinajstić information content (AvgIpc) is 3.41. The molecule has 0 rings (SSSR count). The van der Waals surface area contributed by atoms with Crippen molar-refractivity contribution in [3.8, 4) is 0 Å². The third-order valence-electron chi connectivity index (χ3n) is 12.9. The van der Waals surface area contributed by atoms with Gasteiger partial charge < -0.3 is 14.2 Å². The lowest BCUT2D eigenvalue weighted by molar-refractivity contribution is -0.167. The number of carbonyl (C=O) groups is 3. The first-order chi connectivity index (χ1) is 37.0. The lowest BCUT2D eigenvalue weighted by atomic mass is 10.1. The Labute approximate surface area is 462 Å². The molecule has 0 saturated heterocycles. The molecule has 0 saturated carbocycles. The van der Waals surface area contributed by atoms with Crippen LogP contribution in [0.5, 0.6) is 0 Å². The molecule has 6 nitrogen and oxygen atoms in total. The van der Waals surface area contributed by atoms with Crippen LogP contribution >= 0.6 is 0 Å². The zero-order valence-electron chi connectivity index (χ0n) is 48.8. The minimum Gasteiger partial charge on any atom is -0.462 e. The second-order valence-electron chi connectivity index (χ2n) is 20.2. The minimum atomic E-state index is -0.807. The van der Waals surface area contributed by atoms with E-state index in [0.717, 1.165) is 109 Å². The number of allylic oxidation sites excluding steroid dienone is 20. The van der Waals surface area contributed by atoms with Crippen LogP contribution in [0.3, 0.4) is 0 Å². The van der Waals surface area contributed by atoms with Crippen molar-refractivity contribution in [2.24, 2.45) is 0 Å². The predicted molar refractivity (Wildman–Crippen MR) is 325 cm³/mol. The van der Waals surface area contributed by atoms with Gasteiger partial charge in [0.05, 0.1) is 0 Å².